The number of hydrogen-bond acceptors (Lipinski definition) is 3. The van der Waals surface area contributed by atoms with Gasteiger partial charge in [-0.2, -0.15) is 5.10 Å². The number of aromatic nitrogens is 1. The monoisotopic (exact) mass is 274 g/mol. The molecule has 96 valence electrons. The number of anilines is 1. The number of hydrazone groups is 1. The molecule has 0 aliphatic carbocycles. The van der Waals surface area contributed by atoms with E-state index >= 15 is 0 Å². The zero-order valence-electron chi connectivity index (χ0n) is 9.88. The minimum atomic E-state index is -0.371. The Morgan fingerprint density at radius 1 is 1.21 bits per heavy atom. The van der Waals surface area contributed by atoms with Crippen molar-refractivity contribution >= 4 is 29.2 Å². The molecule has 2 rings (SSSR count). The van der Waals surface area contributed by atoms with Crippen molar-refractivity contribution in [3.8, 4) is 0 Å². The summed E-state index contributed by atoms with van der Waals surface area (Å²) in [6.07, 6.45) is 4.92. The second-order valence-electron chi connectivity index (χ2n) is 3.58. The Morgan fingerprint density at radius 2 is 1.95 bits per heavy atom. The maximum Gasteiger partial charge on any atom is 0.191 e. The molecular formula is C13H11FN4S. The molecule has 0 spiro atoms. The van der Waals surface area contributed by atoms with Gasteiger partial charge in [-0.1, -0.05) is 12.1 Å². The van der Waals surface area contributed by atoms with Crippen LogP contribution in [0, 0.1) is 5.82 Å². The normalized spacial score (nSPS) is 10.4. The minimum absolute atomic E-state index is 0.218. The number of para-hydroxylation sites is 1. The van der Waals surface area contributed by atoms with Crippen molar-refractivity contribution in [3.05, 3.63) is 60.2 Å². The third kappa shape index (κ3) is 4.11. The van der Waals surface area contributed by atoms with Gasteiger partial charge in [-0.05, 0) is 42.0 Å². The lowest BCUT2D eigenvalue weighted by Gasteiger charge is -2.07. The van der Waals surface area contributed by atoms with Gasteiger partial charge >= 0.3 is 0 Å². The van der Waals surface area contributed by atoms with E-state index in [-0.39, 0.29) is 10.9 Å². The predicted octanol–water partition coefficient (Wildman–Crippen LogP) is 2.54. The molecule has 0 amide bonds. The van der Waals surface area contributed by atoms with E-state index in [0.717, 1.165) is 5.56 Å². The number of nitrogens with one attached hydrogen (secondary N) is 2. The van der Waals surface area contributed by atoms with Gasteiger partial charge in [0.05, 0.1) is 11.9 Å². The summed E-state index contributed by atoms with van der Waals surface area (Å²) in [5.74, 6) is -0.371. The quantitative estimate of drug-likeness (QED) is 0.513. The van der Waals surface area contributed by atoms with Crippen molar-refractivity contribution in [1.29, 1.82) is 0 Å². The molecule has 0 saturated carbocycles. The summed E-state index contributed by atoms with van der Waals surface area (Å²) in [6, 6.07) is 9.88. The van der Waals surface area contributed by atoms with E-state index in [0.29, 0.717) is 5.69 Å². The van der Waals surface area contributed by atoms with E-state index in [1.807, 2.05) is 0 Å². The van der Waals surface area contributed by atoms with Crippen LogP contribution >= 0.6 is 12.2 Å². The van der Waals surface area contributed by atoms with Crippen LogP contribution in [0.25, 0.3) is 0 Å². The highest BCUT2D eigenvalue weighted by atomic mass is 32.1. The molecule has 0 aliphatic heterocycles. The molecule has 0 radical (unpaired) electrons. The zero-order valence-corrected chi connectivity index (χ0v) is 10.7. The van der Waals surface area contributed by atoms with E-state index in [4.69, 9.17) is 12.2 Å². The van der Waals surface area contributed by atoms with Crippen molar-refractivity contribution in [2.45, 2.75) is 0 Å². The van der Waals surface area contributed by atoms with Gasteiger partial charge in [0.25, 0.3) is 0 Å². The number of hydrogen-bond donors (Lipinski definition) is 2. The van der Waals surface area contributed by atoms with Crippen LogP contribution in [0.2, 0.25) is 0 Å². The van der Waals surface area contributed by atoms with Crippen molar-refractivity contribution in [3.63, 3.8) is 0 Å². The number of halogens is 1. The SMILES string of the molecule is Fc1ccccc1NC(=S)N/N=C/c1ccncc1. The topological polar surface area (TPSA) is 49.3 Å². The highest BCUT2D eigenvalue weighted by molar-refractivity contribution is 7.80. The average Bonchev–Trinajstić information content (AvgIpc) is 2.43. The van der Waals surface area contributed by atoms with Gasteiger partial charge < -0.3 is 5.32 Å². The van der Waals surface area contributed by atoms with Crippen LogP contribution in [0.5, 0.6) is 0 Å². The molecule has 0 atom stereocenters. The molecule has 1 aromatic carbocycles. The van der Waals surface area contributed by atoms with E-state index in [9.17, 15) is 4.39 Å². The molecule has 0 fully saturated rings. The van der Waals surface area contributed by atoms with Gasteiger partial charge in [0, 0.05) is 12.4 Å². The lowest BCUT2D eigenvalue weighted by atomic mass is 10.3. The number of thiocarbonyl (C=S) groups is 1. The molecule has 19 heavy (non-hydrogen) atoms. The number of rotatable bonds is 3. The number of nitrogens with zero attached hydrogens (tertiary/aromatic N) is 2. The fraction of sp³-hybridized carbons (Fsp3) is 0. The van der Waals surface area contributed by atoms with Gasteiger partial charge in [-0.3, -0.25) is 10.4 Å². The highest BCUT2D eigenvalue weighted by Gasteiger charge is 2.01. The molecule has 0 aliphatic rings. The number of pyridine rings is 1. The van der Waals surface area contributed by atoms with Crippen LogP contribution in [-0.2, 0) is 0 Å². The van der Waals surface area contributed by atoms with Gasteiger partial charge in [0.15, 0.2) is 5.11 Å². The Labute approximate surface area is 115 Å². The van der Waals surface area contributed by atoms with Gasteiger partial charge in [-0.25, -0.2) is 4.39 Å². The van der Waals surface area contributed by atoms with E-state index in [1.165, 1.54) is 6.07 Å². The summed E-state index contributed by atoms with van der Waals surface area (Å²) in [6.45, 7) is 0. The van der Waals surface area contributed by atoms with Crippen LogP contribution in [0.4, 0.5) is 10.1 Å². The average molecular weight is 274 g/mol. The smallest absolute Gasteiger partial charge is 0.191 e. The van der Waals surface area contributed by atoms with Crippen molar-refractivity contribution in [2.24, 2.45) is 5.10 Å². The first-order valence-electron chi connectivity index (χ1n) is 5.50. The lowest BCUT2D eigenvalue weighted by Crippen LogP contribution is -2.24. The third-order valence-corrected chi connectivity index (χ3v) is 2.40. The number of benzene rings is 1. The van der Waals surface area contributed by atoms with Crippen LogP contribution in [0.15, 0.2) is 53.9 Å². The first-order chi connectivity index (χ1) is 9.25. The van der Waals surface area contributed by atoms with Crippen LogP contribution in [0.3, 0.4) is 0 Å². The van der Waals surface area contributed by atoms with Gasteiger partial charge in [-0.15, -0.1) is 0 Å². The summed E-state index contributed by atoms with van der Waals surface area (Å²) < 4.78 is 13.3. The summed E-state index contributed by atoms with van der Waals surface area (Å²) in [7, 11) is 0. The molecule has 2 N–H and O–H groups in total. The molecule has 1 heterocycles. The van der Waals surface area contributed by atoms with Gasteiger partial charge in [0.1, 0.15) is 5.82 Å². The predicted molar refractivity (Wildman–Crippen MR) is 77.6 cm³/mol. The van der Waals surface area contributed by atoms with E-state index in [2.05, 4.69) is 20.8 Å². The van der Waals surface area contributed by atoms with Crippen LogP contribution in [0.1, 0.15) is 5.56 Å². The largest absolute Gasteiger partial charge is 0.329 e. The van der Waals surface area contributed by atoms with E-state index < -0.39 is 0 Å². The summed E-state index contributed by atoms with van der Waals surface area (Å²) in [5, 5.41) is 6.87. The second-order valence-corrected chi connectivity index (χ2v) is 3.99. The Balaban J connectivity index is 1.89. The molecule has 4 nitrogen and oxygen atoms in total. The summed E-state index contributed by atoms with van der Waals surface area (Å²) >= 11 is 5.00. The van der Waals surface area contributed by atoms with Crippen LogP contribution in [-0.4, -0.2) is 16.3 Å². The molecule has 6 heteroatoms. The molecule has 0 bridgehead atoms. The Hall–Kier alpha value is -2.34. The summed E-state index contributed by atoms with van der Waals surface area (Å²) in [5.41, 5.74) is 3.80. The molecule has 0 saturated heterocycles. The van der Waals surface area contributed by atoms with E-state index in [1.54, 1.807) is 48.9 Å². The molecule has 2 aromatic rings. The maximum absolute atomic E-state index is 13.3. The summed E-state index contributed by atoms with van der Waals surface area (Å²) in [4.78, 5) is 3.89. The molecule has 0 unspecified atom stereocenters. The zero-order chi connectivity index (χ0) is 13.5. The molecular weight excluding hydrogens is 263 g/mol. The Morgan fingerprint density at radius 3 is 2.68 bits per heavy atom. The van der Waals surface area contributed by atoms with Crippen LogP contribution < -0.4 is 10.7 Å². The first-order valence-corrected chi connectivity index (χ1v) is 5.91. The Bertz CT molecular complexity index is 586. The fourth-order valence-electron chi connectivity index (χ4n) is 1.33. The van der Waals surface area contributed by atoms with Crippen molar-refractivity contribution in [1.82, 2.24) is 10.4 Å². The maximum atomic E-state index is 13.3. The lowest BCUT2D eigenvalue weighted by molar-refractivity contribution is 0.632. The third-order valence-electron chi connectivity index (χ3n) is 2.21. The van der Waals surface area contributed by atoms with Gasteiger partial charge in [0.2, 0.25) is 0 Å². The fourth-order valence-corrected chi connectivity index (χ4v) is 1.49. The Kier molecular flexibility index (Phi) is 4.52. The second kappa shape index (κ2) is 6.55. The highest BCUT2D eigenvalue weighted by Crippen LogP contribution is 2.11. The minimum Gasteiger partial charge on any atom is -0.329 e. The first kappa shape index (κ1) is 13.1. The standard InChI is InChI=1S/C13H11FN4S/c14-11-3-1-2-4-12(11)17-13(19)18-16-9-10-5-7-15-8-6-10/h1-9H,(H2,17,18,19)/b16-9+. The van der Waals surface area contributed by atoms with Crippen molar-refractivity contribution in [2.75, 3.05) is 5.32 Å². The van der Waals surface area contributed by atoms with Crippen molar-refractivity contribution < 1.29 is 4.39 Å². The molecule has 1 aromatic heterocycles.